The number of benzene rings is 2. The predicted molar refractivity (Wildman–Crippen MR) is 136 cm³/mol. The van der Waals surface area contributed by atoms with Gasteiger partial charge in [-0.15, -0.1) is 0 Å². The molecule has 10 heteroatoms. The first kappa shape index (κ1) is 27.7. The highest BCUT2D eigenvalue weighted by Gasteiger charge is 2.35. The molecular weight excluding hydrogens is 510 g/mol. The fourth-order valence-corrected chi connectivity index (χ4v) is 4.56. The molecule has 8 nitrogen and oxygen atoms in total. The van der Waals surface area contributed by atoms with Gasteiger partial charge in [0.2, 0.25) is 5.75 Å². The lowest BCUT2D eigenvalue weighted by Crippen LogP contribution is -2.43. The van der Waals surface area contributed by atoms with Gasteiger partial charge >= 0.3 is 11.9 Å². The largest absolute Gasteiger partial charge is 0.493 e. The van der Waals surface area contributed by atoms with Gasteiger partial charge in [0.15, 0.2) is 11.4 Å². The van der Waals surface area contributed by atoms with E-state index in [9.17, 15) is 23.2 Å². The summed E-state index contributed by atoms with van der Waals surface area (Å²) in [6.45, 7) is 3.06. The molecule has 0 bridgehead atoms. The van der Waals surface area contributed by atoms with Gasteiger partial charge in [-0.1, -0.05) is 25.1 Å². The summed E-state index contributed by atoms with van der Waals surface area (Å²) in [7, 11) is 1.36. The second kappa shape index (κ2) is 12.0. The zero-order valence-corrected chi connectivity index (χ0v) is 21.7. The monoisotopic (exact) mass is 538 g/mol. The Labute approximate surface area is 224 Å². The van der Waals surface area contributed by atoms with Crippen LogP contribution >= 0.6 is 0 Å². The summed E-state index contributed by atoms with van der Waals surface area (Å²) in [6, 6.07) is 10.6. The number of nitrogens with one attached hydrogen (secondary N) is 1. The molecule has 3 atom stereocenters. The molecule has 0 fully saturated rings. The minimum atomic E-state index is -1.09. The van der Waals surface area contributed by atoms with E-state index >= 15 is 0 Å². The number of amides is 1. The van der Waals surface area contributed by atoms with Crippen LogP contribution in [0, 0.1) is 11.6 Å². The first-order valence-corrected chi connectivity index (χ1v) is 12.5. The van der Waals surface area contributed by atoms with Gasteiger partial charge in [-0.25, -0.2) is 18.6 Å². The molecule has 0 radical (unpaired) electrons. The molecule has 1 aliphatic carbocycles. The molecule has 204 valence electrons. The molecule has 0 unspecified atom stereocenters. The molecule has 2 aromatic carbocycles. The van der Waals surface area contributed by atoms with Gasteiger partial charge in [0.05, 0.1) is 7.11 Å². The fraction of sp³-hybridized carbons (Fsp3) is 0.310. The van der Waals surface area contributed by atoms with Crippen molar-refractivity contribution in [3.63, 3.8) is 0 Å². The average Bonchev–Trinajstić information content (AvgIpc) is 2.93. The van der Waals surface area contributed by atoms with E-state index < -0.39 is 41.7 Å². The fourth-order valence-electron chi connectivity index (χ4n) is 4.56. The van der Waals surface area contributed by atoms with Crippen LogP contribution in [-0.2, 0) is 20.7 Å². The Morgan fingerprint density at radius 3 is 2.49 bits per heavy atom. The Hall–Kier alpha value is -4.34. The topological polar surface area (TPSA) is 104 Å². The van der Waals surface area contributed by atoms with Crippen molar-refractivity contribution in [3.8, 4) is 11.5 Å². The minimum absolute atomic E-state index is 0.0637. The summed E-state index contributed by atoms with van der Waals surface area (Å²) in [4.78, 5) is 42.1. The third-order valence-electron chi connectivity index (χ3n) is 6.52. The number of carbonyl (C=O) groups is 3. The maximum atomic E-state index is 13.9. The number of aromatic nitrogens is 1. The quantitative estimate of drug-likeness (QED) is 0.422. The van der Waals surface area contributed by atoms with E-state index in [1.807, 2.05) is 0 Å². The number of hydrogen-bond acceptors (Lipinski definition) is 7. The van der Waals surface area contributed by atoms with Gasteiger partial charge in [-0.3, -0.25) is 9.59 Å². The highest BCUT2D eigenvalue weighted by atomic mass is 19.1. The predicted octanol–water partition coefficient (Wildman–Crippen LogP) is 4.49. The summed E-state index contributed by atoms with van der Waals surface area (Å²) < 4.78 is 43.8. The first-order valence-electron chi connectivity index (χ1n) is 12.5. The van der Waals surface area contributed by atoms with Gasteiger partial charge < -0.3 is 19.5 Å². The number of hydrogen-bond donors (Lipinski definition) is 1. The number of ether oxygens (including phenoxy) is 3. The third-order valence-corrected chi connectivity index (χ3v) is 6.52. The zero-order chi connectivity index (χ0) is 28.1. The Bertz CT molecular complexity index is 1380. The lowest BCUT2D eigenvalue weighted by molar-refractivity contribution is -0.152. The minimum Gasteiger partial charge on any atom is -0.493 e. The molecule has 3 aromatic rings. The molecule has 1 N–H and O–H groups in total. The Morgan fingerprint density at radius 2 is 1.79 bits per heavy atom. The molecule has 0 aliphatic heterocycles. The Morgan fingerprint density at radius 1 is 1.08 bits per heavy atom. The van der Waals surface area contributed by atoms with Crippen molar-refractivity contribution < 1.29 is 37.4 Å². The molecule has 0 saturated carbocycles. The van der Waals surface area contributed by atoms with Crippen molar-refractivity contribution in [2.45, 2.75) is 51.2 Å². The maximum Gasteiger partial charge on any atom is 0.328 e. The molecular formula is C29H28F2N2O6. The van der Waals surface area contributed by atoms with Gasteiger partial charge in [-0.2, -0.15) is 0 Å². The van der Waals surface area contributed by atoms with Crippen molar-refractivity contribution in [1.29, 1.82) is 0 Å². The van der Waals surface area contributed by atoms with Crippen LogP contribution in [0.2, 0.25) is 0 Å². The molecule has 1 aliphatic rings. The van der Waals surface area contributed by atoms with Crippen molar-refractivity contribution in [2.75, 3.05) is 7.11 Å². The van der Waals surface area contributed by atoms with E-state index in [2.05, 4.69) is 10.3 Å². The second-order valence-corrected chi connectivity index (χ2v) is 9.10. The normalized spacial score (nSPS) is 16.9. The maximum absolute atomic E-state index is 13.9. The number of esters is 2. The van der Waals surface area contributed by atoms with E-state index in [1.54, 1.807) is 25.1 Å². The van der Waals surface area contributed by atoms with Crippen molar-refractivity contribution in [2.24, 2.45) is 0 Å². The number of methoxy groups -OCH3 is 1. The van der Waals surface area contributed by atoms with E-state index in [0.29, 0.717) is 18.4 Å². The summed E-state index contributed by atoms with van der Waals surface area (Å²) in [5.41, 5.74) is 2.05. The summed E-state index contributed by atoms with van der Waals surface area (Å²) in [6.07, 6.45) is 1.61. The Balaban J connectivity index is 1.54. The van der Waals surface area contributed by atoms with Crippen molar-refractivity contribution in [1.82, 2.24) is 10.3 Å². The summed E-state index contributed by atoms with van der Waals surface area (Å²) in [5.74, 6) is -3.32. The number of rotatable bonds is 8. The number of fused-ring (bicyclic) bond motifs is 1. The molecule has 1 heterocycles. The standard InChI is InChI=1S/C29H28F2N2O6/c1-4-24(34)39-27-23(37-3)13-14-32-26(27)28(35)33-16(2)29(36)38-22-12-7-18-15-20(31)10-11-21(18)25(22)17-5-8-19(30)9-6-17/h5-6,8-11,13-16,22,25H,4,7,12H2,1-3H3,(H,33,35)/t16-,22-,25-/m0/s1. The highest BCUT2D eigenvalue weighted by Crippen LogP contribution is 2.39. The third kappa shape index (κ3) is 6.22. The smallest absolute Gasteiger partial charge is 0.328 e. The van der Waals surface area contributed by atoms with Crippen LogP contribution in [0.3, 0.4) is 0 Å². The zero-order valence-electron chi connectivity index (χ0n) is 21.7. The van der Waals surface area contributed by atoms with Gasteiger partial charge in [0.25, 0.3) is 5.91 Å². The SMILES string of the molecule is CCC(=O)Oc1c(OC)ccnc1C(=O)N[C@@H](C)C(=O)O[C@H]1CCc2cc(F)ccc2[C@@H]1c1ccc(F)cc1. The number of nitrogens with zero attached hydrogens (tertiary/aromatic N) is 1. The molecule has 1 aromatic heterocycles. The van der Waals surface area contributed by atoms with Gasteiger partial charge in [-0.05, 0) is 60.7 Å². The molecule has 4 rings (SSSR count). The highest BCUT2D eigenvalue weighted by molar-refractivity contribution is 5.98. The van der Waals surface area contributed by atoms with E-state index in [1.165, 1.54) is 50.6 Å². The Kier molecular flexibility index (Phi) is 8.53. The number of aryl methyl sites for hydroxylation is 1. The van der Waals surface area contributed by atoms with Gasteiger partial charge in [0.1, 0.15) is 23.8 Å². The van der Waals surface area contributed by atoms with Crippen LogP contribution in [-0.4, -0.2) is 42.1 Å². The van der Waals surface area contributed by atoms with Crippen LogP contribution in [0.5, 0.6) is 11.5 Å². The number of pyridine rings is 1. The number of carbonyl (C=O) groups excluding carboxylic acids is 3. The van der Waals surface area contributed by atoms with Crippen LogP contribution in [0.25, 0.3) is 0 Å². The molecule has 0 saturated heterocycles. The van der Waals surface area contributed by atoms with Crippen molar-refractivity contribution in [3.05, 3.63) is 88.7 Å². The van der Waals surface area contributed by atoms with E-state index in [4.69, 9.17) is 14.2 Å². The van der Waals surface area contributed by atoms with Crippen LogP contribution in [0.1, 0.15) is 59.8 Å². The van der Waals surface area contributed by atoms with Crippen molar-refractivity contribution >= 4 is 17.8 Å². The lowest BCUT2D eigenvalue weighted by Gasteiger charge is -2.34. The summed E-state index contributed by atoms with van der Waals surface area (Å²) >= 11 is 0. The molecule has 0 spiro atoms. The van der Waals surface area contributed by atoms with Gasteiger partial charge in [0, 0.05) is 24.6 Å². The average molecular weight is 539 g/mol. The van der Waals surface area contributed by atoms with Crippen LogP contribution in [0.4, 0.5) is 8.78 Å². The van der Waals surface area contributed by atoms with E-state index in [0.717, 1.165) is 11.1 Å². The number of halogens is 2. The molecule has 1 amide bonds. The molecule has 39 heavy (non-hydrogen) atoms. The second-order valence-electron chi connectivity index (χ2n) is 9.10. The lowest BCUT2D eigenvalue weighted by atomic mass is 9.77. The summed E-state index contributed by atoms with van der Waals surface area (Å²) in [5, 5.41) is 2.54. The van der Waals surface area contributed by atoms with Crippen LogP contribution < -0.4 is 14.8 Å². The van der Waals surface area contributed by atoms with Crippen LogP contribution in [0.15, 0.2) is 54.7 Å². The van der Waals surface area contributed by atoms with E-state index in [-0.39, 0.29) is 29.4 Å². The first-order chi connectivity index (χ1) is 18.7.